The summed E-state index contributed by atoms with van der Waals surface area (Å²) in [4.78, 5) is 16.3. The van der Waals surface area contributed by atoms with Gasteiger partial charge in [0.05, 0.1) is 18.2 Å². The number of nitrogens with two attached hydrogens (primary N) is 1. The van der Waals surface area contributed by atoms with Crippen LogP contribution < -0.4 is 11.1 Å². The molecule has 3 heterocycles. The van der Waals surface area contributed by atoms with Crippen molar-refractivity contribution in [2.75, 3.05) is 31.5 Å². The quantitative estimate of drug-likeness (QED) is 0.463. The van der Waals surface area contributed by atoms with E-state index in [1.807, 2.05) is 6.07 Å². The van der Waals surface area contributed by atoms with E-state index >= 15 is 0 Å². The van der Waals surface area contributed by atoms with E-state index in [2.05, 4.69) is 25.2 Å². The van der Waals surface area contributed by atoms with Crippen molar-refractivity contribution in [1.82, 2.24) is 14.9 Å². The van der Waals surface area contributed by atoms with Crippen LogP contribution >= 0.6 is 0 Å². The van der Waals surface area contributed by atoms with Gasteiger partial charge in [0.15, 0.2) is 5.96 Å². The fraction of sp³-hybridized carbons (Fsp3) is 0.550. The Kier molecular flexibility index (Phi) is 5.67. The first kappa shape index (κ1) is 18.0. The zero-order valence-corrected chi connectivity index (χ0v) is 15.8. The molecule has 2 aliphatic rings. The lowest BCUT2D eigenvalue weighted by Crippen LogP contribution is -2.31. The van der Waals surface area contributed by atoms with E-state index in [1.54, 1.807) is 12.5 Å². The SMILES string of the molecule is NC(=NCCCN1CCCCC1)Nc1nc2c(c(-c3ccoc3)n1)CCC2. The number of hydrogen-bond donors (Lipinski definition) is 2. The van der Waals surface area contributed by atoms with Crippen molar-refractivity contribution in [3.8, 4) is 11.3 Å². The van der Waals surface area contributed by atoms with Gasteiger partial charge >= 0.3 is 0 Å². The van der Waals surface area contributed by atoms with E-state index in [9.17, 15) is 0 Å². The third-order valence-corrected chi connectivity index (χ3v) is 5.33. The van der Waals surface area contributed by atoms with Crippen LogP contribution in [0.3, 0.4) is 0 Å². The maximum Gasteiger partial charge on any atom is 0.230 e. The summed E-state index contributed by atoms with van der Waals surface area (Å²) < 4.78 is 5.23. The smallest absolute Gasteiger partial charge is 0.230 e. The van der Waals surface area contributed by atoms with E-state index in [4.69, 9.17) is 10.2 Å². The van der Waals surface area contributed by atoms with Crippen molar-refractivity contribution in [1.29, 1.82) is 0 Å². The van der Waals surface area contributed by atoms with E-state index in [-0.39, 0.29) is 0 Å². The van der Waals surface area contributed by atoms with Gasteiger partial charge in [-0.25, -0.2) is 9.97 Å². The summed E-state index contributed by atoms with van der Waals surface area (Å²) >= 11 is 0. The highest BCUT2D eigenvalue weighted by Gasteiger charge is 2.21. The number of hydrogen-bond acceptors (Lipinski definition) is 5. The molecule has 7 heteroatoms. The predicted molar refractivity (Wildman–Crippen MR) is 107 cm³/mol. The standard InChI is InChI=1S/C20H28N6O/c21-19(22-9-5-12-26-10-2-1-3-11-26)25-20-23-17-7-4-6-16(17)18(24-20)15-8-13-27-14-15/h8,13-14H,1-7,9-12H2,(H3,21,22,23,24,25). The molecule has 0 amide bonds. The molecule has 1 saturated heterocycles. The van der Waals surface area contributed by atoms with Crippen molar-refractivity contribution in [2.45, 2.75) is 44.9 Å². The Bertz CT molecular complexity index is 780. The molecule has 0 bridgehead atoms. The number of nitrogens with one attached hydrogen (secondary N) is 1. The van der Waals surface area contributed by atoms with Crippen LogP contribution in [0.25, 0.3) is 11.3 Å². The highest BCUT2D eigenvalue weighted by atomic mass is 16.3. The number of aromatic nitrogens is 2. The Hall–Kier alpha value is -2.41. The predicted octanol–water partition coefficient (Wildman–Crippen LogP) is 2.83. The summed E-state index contributed by atoms with van der Waals surface area (Å²) in [6.07, 6.45) is 11.5. The van der Waals surface area contributed by atoms with Crippen LogP contribution in [-0.4, -0.2) is 47.0 Å². The van der Waals surface area contributed by atoms with Crippen molar-refractivity contribution in [3.63, 3.8) is 0 Å². The Morgan fingerprint density at radius 2 is 2.07 bits per heavy atom. The Labute approximate surface area is 160 Å². The van der Waals surface area contributed by atoms with Crippen molar-refractivity contribution >= 4 is 11.9 Å². The number of piperidine rings is 1. The second-order valence-electron chi connectivity index (χ2n) is 7.33. The highest BCUT2D eigenvalue weighted by Crippen LogP contribution is 2.31. The summed E-state index contributed by atoms with van der Waals surface area (Å²) in [5.74, 6) is 0.897. The van der Waals surface area contributed by atoms with E-state index in [1.165, 1.54) is 37.9 Å². The Morgan fingerprint density at radius 3 is 2.89 bits per heavy atom. The first-order valence-corrected chi connectivity index (χ1v) is 10.0. The average molecular weight is 368 g/mol. The highest BCUT2D eigenvalue weighted by molar-refractivity contribution is 5.90. The maximum absolute atomic E-state index is 6.07. The summed E-state index contributed by atoms with van der Waals surface area (Å²) in [5, 5.41) is 3.07. The van der Waals surface area contributed by atoms with Crippen molar-refractivity contribution in [2.24, 2.45) is 10.7 Å². The van der Waals surface area contributed by atoms with Crippen LogP contribution in [0.1, 0.15) is 43.4 Å². The molecule has 4 rings (SSSR count). The lowest BCUT2D eigenvalue weighted by atomic mass is 10.1. The molecule has 144 valence electrons. The molecule has 1 aliphatic carbocycles. The summed E-state index contributed by atoms with van der Waals surface area (Å²) in [6, 6.07) is 1.93. The van der Waals surface area contributed by atoms with E-state index < -0.39 is 0 Å². The molecular formula is C20H28N6O. The van der Waals surface area contributed by atoms with Gasteiger partial charge in [-0.2, -0.15) is 0 Å². The number of anilines is 1. The molecule has 0 atom stereocenters. The minimum Gasteiger partial charge on any atom is -0.472 e. The van der Waals surface area contributed by atoms with Gasteiger partial charge in [0, 0.05) is 23.4 Å². The Balaban J connectivity index is 1.37. The monoisotopic (exact) mass is 368 g/mol. The molecule has 0 radical (unpaired) electrons. The molecule has 1 fully saturated rings. The molecule has 27 heavy (non-hydrogen) atoms. The number of aliphatic imine (C=N–C) groups is 1. The van der Waals surface area contributed by atoms with Gasteiger partial charge in [0.1, 0.15) is 0 Å². The second-order valence-corrected chi connectivity index (χ2v) is 7.33. The zero-order valence-electron chi connectivity index (χ0n) is 15.8. The fourth-order valence-electron chi connectivity index (χ4n) is 3.96. The third kappa shape index (κ3) is 4.47. The Morgan fingerprint density at radius 1 is 1.19 bits per heavy atom. The third-order valence-electron chi connectivity index (χ3n) is 5.33. The molecule has 0 spiro atoms. The number of aryl methyl sites for hydroxylation is 1. The number of nitrogens with zero attached hydrogens (tertiary/aromatic N) is 4. The largest absolute Gasteiger partial charge is 0.472 e. The van der Waals surface area contributed by atoms with Crippen LogP contribution in [0.4, 0.5) is 5.95 Å². The summed E-state index contributed by atoms with van der Waals surface area (Å²) in [6.45, 7) is 4.25. The molecule has 0 unspecified atom stereocenters. The van der Waals surface area contributed by atoms with Gasteiger partial charge in [-0.3, -0.25) is 10.3 Å². The maximum atomic E-state index is 6.07. The number of rotatable bonds is 6. The fourth-order valence-corrected chi connectivity index (χ4v) is 3.96. The van der Waals surface area contributed by atoms with Gasteiger partial charge in [-0.1, -0.05) is 6.42 Å². The van der Waals surface area contributed by atoms with Gasteiger partial charge in [0.2, 0.25) is 5.95 Å². The van der Waals surface area contributed by atoms with Gasteiger partial charge in [-0.15, -0.1) is 0 Å². The minimum absolute atomic E-state index is 0.379. The van der Waals surface area contributed by atoms with E-state index in [0.29, 0.717) is 11.9 Å². The van der Waals surface area contributed by atoms with Crippen LogP contribution in [-0.2, 0) is 12.8 Å². The molecule has 0 saturated carbocycles. The average Bonchev–Trinajstić information content (AvgIpc) is 3.37. The topological polar surface area (TPSA) is 92.6 Å². The summed E-state index contributed by atoms with van der Waals surface area (Å²) in [7, 11) is 0. The van der Waals surface area contributed by atoms with Crippen LogP contribution in [0.5, 0.6) is 0 Å². The van der Waals surface area contributed by atoms with Crippen molar-refractivity contribution < 1.29 is 4.42 Å². The number of fused-ring (bicyclic) bond motifs is 1. The first-order valence-electron chi connectivity index (χ1n) is 10.0. The lowest BCUT2D eigenvalue weighted by molar-refractivity contribution is 0.228. The van der Waals surface area contributed by atoms with Gasteiger partial charge in [-0.05, 0) is 64.2 Å². The van der Waals surface area contributed by atoms with E-state index in [0.717, 1.165) is 55.7 Å². The molecule has 2 aromatic heterocycles. The number of likely N-dealkylation sites (tertiary alicyclic amines) is 1. The lowest BCUT2D eigenvalue weighted by Gasteiger charge is -2.25. The normalized spacial score (nSPS) is 17.9. The second kappa shape index (κ2) is 8.52. The van der Waals surface area contributed by atoms with Crippen molar-refractivity contribution in [3.05, 3.63) is 29.9 Å². The van der Waals surface area contributed by atoms with Gasteiger partial charge in [0.25, 0.3) is 0 Å². The molecule has 1 aliphatic heterocycles. The van der Waals surface area contributed by atoms with Gasteiger partial charge < -0.3 is 15.1 Å². The molecule has 0 aromatic carbocycles. The first-order chi connectivity index (χ1) is 13.3. The summed E-state index contributed by atoms with van der Waals surface area (Å²) in [5.41, 5.74) is 10.3. The molecule has 7 nitrogen and oxygen atoms in total. The number of guanidine groups is 1. The minimum atomic E-state index is 0.379. The van der Waals surface area contributed by atoms with Crippen LogP contribution in [0.15, 0.2) is 28.0 Å². The van der Waals surface area contributed by atoms with Crippen LogP contribution in [0.2, 0.25) is 0 Å². The number of furan rings is 1. The molecular weight excluding hydrogens is 340 g/mol. The van der Waals surface area contributed by atoms with Crippen LogP contribution in [0, 0.1) is 0 Å². The zero-order chi connectivity index (χ0) is 18.5. The molecule has 3 N–H and O–H groups in total. The molecule has 2 aromatic rings.